The average Bonchev–Trinajstić information content (AvgIpc) is 2.17. The van der Waals surface area contributed by atoms with Crippen molar-refractivity contribution in [1.29, 1.82) is 0 Å². The Hall–Kier alpha value is -1.77. The van der Waals surface area contributed by atoms with E-state index in [9.17, 15) is 28.4 Å². The van der Waals surface area contributed by atoms with Gasteiger partial charge in [-0.2, -0.15) is 0 Å². The maximum Gasteiger partial charge on any atom is 0.575 e. The highest BCUT2D eigenvalue weighted by atomic mass is 35.5. The fourth-order valence-corrected chi connectivity index (χ4v) is 1.15. The molecule has 1 aromatic rings. The van der Waals surface area contributed by atoms with Crippen LogP contribution in [0.25, 0.3) is 0 Å². The summed E-state index contributed by atoms with van der Waals surface area (Å²) in [5, 5.41) is 19.7. The van der Waals surface area contributed by atoms with Crippen LogP contribution in [-0.4, -0.2) is 21.4 Å². The van der Waals surface area contributed by atoms with Crippen LogP contribution in [0.5, 0.6) is 11.6 Å². The van der Waals surface area contributed by atoms with Gasteiger partial charge in [0, 0.05) is 16.6 Å². The van der Waals surface area contributed by atoms with Gasteiger partial charge in [0.2, 0.25) is 5.75 Å². The van der Waals surface area contributed by atoms with Gasteiger partial charge >= 0.3 is 18.1 Å². The first-order valence-electron chi connectivity index (χ1n) is 3.93. The number of hydrogen-bond donors (Lipinski definition) is 1. The fraction of sp³-hybridized carbons (Fsp3) is 0.286. The highest BCUT2D eigenvalue weighted by molar-refractivity contribution is 6.17. The Morgan fingerprint density at radius 2 is 2.18 bits per heavy atom. The number of halogens is 4. The van der Waals surface area contributed by atoms with E-state index < -0.39 is 34.6 Å². The van der Waals surface area contributed by atoms with Crippen molar-refractivity contribution in [3.05, 3.63) is 21.7 Å². The van der Waals surface area contributed by atoms with Gasteiger partial charge in [0.05, 0.1) is 5.88 Å². The van der Waals surface area contributed by atoms with Crippen molar-refractivity contribution in [3.8, 4) is 11.6 Å². The van der Waals surface area contributed by atoms with Crippen molar-refractivity contribution < 1.29 is 27.9 Å². The number of aromatic hydroxyl groups is 1. The van der Waals surface area contributed by atoms with Crippen molar-refractivity contribution in [3.63, 3.8) is 0 Å². The molecule has 1 heterocycles. The van der Waals surface area contributed by atoms with E-state index >= 15 is 0 Å². The number of ether oxygens (including phenoxy) is 1. The highest BCUT2D eigenvalue weighted by Gasteiger charge is 2.35. The molecule has 0 spiro atoms. The van der Waals surface area contributed by atoms with Crippen molar-refractivity contribution in [2.24, 2.45) is 0 Å². The van der Waals surface area contributed by atoms with Gasteiger partial charge in [0.1, 0.15) is 0 Å². The van der Waals surface area contributed by atoms with E-state index in [0.29, 0.717) is 6.07 Å². The topological polar surface area (TPSA) is 85.5 Å². The second-order valence-electron chi connectivity index (χ2n) is 2.73. The Labute approximate surface area is 96.7 Å². The van der Waals surface area contributed by atoms with Crippen LogP contribution in [0, 0.1) is 10.1 Å². The van der Waals surface area contributed by atoms with Crippen LogP contribution in [-0.2, 0) is 5.88 Å². The zero-order valence-corrected chi connectivity index (χ0v) is 8.62. The van der Waals surface area contributed by atoms with Crippen LogP contribution >= 0.6 is 11.6 Å². The van der Waals surface area contributed by atoms with Gasteiger partial charge < -0.3 is 20.0 Å². The normalized spacial score (nSPS) is 11.3. The number of nitrogens with zero attached hydrogens (tertiary/aromatic N) is 2. The third-order valence-corrected chi connectivity index (χ3v) is 1.85. The molecular weight excluding hydrogens is 269 g/mol. The molecular formula is C7H4ClF3N2O4. The van der Waals surface area contributed by atoms with Gasteiger partial charge in [-0.1, -0.05) is 0 Å². The molecule has 0 aromatic carbocycles. The van der Waals surface area contributed by atoms with E-state index in [1.165, 1.54) is 0 Å². The molecule has 1 N–H and O–H groups in total. The summed E-state index contributed by atoms with van der Waals surface area (Å²) in [5.41, 5.74) is -0.285. The molecule has 6 nitrogen and oxygen atoms in total. The third kappa shape index (κ3) is 3.34. The molecule has 0 unspecified atom stereocenters. The molecule has 94 valence electrons. The maximum absolute atomic E-state index is 11.9. The van der Waals surface area contributed by atoms with Gasteiger partial charge in [0.25, 0.3) is 0 Å². The molecule has 0 atom stereocenters. The Morgan fingerprint density at radius 1 is 1.59 bits per heavy atom. The molecule has 0 radical (unpaired) electrons. The first-order chi connectivity index (χ1) is 7.74. The maximum atomic E-state index is 11.9. The number of pyridine rings is 1. The van der Waals surface area contributed by atoms with E-state index in [-0.39, 0.29) is 5.56 Å². The summed E-state index contributed by atoms with van der Waals surface area (Å²) >= 11 is 5.30. The van der Waals surface area contributed by atoms with Gasteiger partial charge in [-0.25, -0.2) is 0 Å². The van der Waals surface area contributed by atoms with Gasteiger partial charge in [-0.3, -0.25) is 0 Å². The Kier molecular flexibility index (Phi) is 3.61. The SMILES string of the molecule is O=[N+]([O-])c1nc(OC(F)(F)F)cc(CCl)c1O. The minimum atomic E-state index is -5.04. The standard InChI is InChI=1S/C7H4ClF3N2O4/c8-2-3-1-4(17-7(9,10)11)12-6(5(3)14)13(15)16/h1,14H,2H2. The molecule has 0 bridgehead atoms. The summed E-state index contributed by atoms with van der Waals surface area (Å²) in [4.78, 5) is 12.2. The molecule has 1 aromatic heterocycles. The summed E-state index contributed by atoms with van der Waals surface area (Å²) < 4.78 is 39.1. The van der Waals surface area contributed by atoms with E-state index in [0.717, 1.165) is 0 Å². The minimum Gasteiger partial charge on any atom is -0.501 e. The number of aromatic nitrogens is 1. The monoisotopic (exact) mass is 272 g/mol. The first-order valence-corrected chi connectivity index (χ1v) is 4.47. The Bertz CT molecular complexity index is 451. The smallest absolute Gasteiger partial charge is 0.501 e. The van der Waals surface area contributed by atoms with Crippen molar-refractivity contribution in [2.75, 3.05) is 0 Å². The number of alkyl halides is 4. The number of rotatable bonds is 3. The fourth-order valence-electron chi connectivity index (χ4n) is 0.951. The second-order valence-corrected chi connectivity index (χ2v) is 3.00. The van der Waals surface area contributed by atoms with E-state index in [1.54, 1.807) is 0 Å². The predicted molar refractivity (Wildman–Crippen MR) is 48.8 cm³/mol. The summed E-state index contributed by atoms with van der Waals surface area (Å²) in [6.45, 7) is 0. The van der Waals surface area contributed by atoms with Crippen LogP contribution in [0.4, 0.5) is 19.0 Å². The van der Waals surface area contributed by atoms with Crippen LogP contribution in [0.3, 0.4) is 0 Å². The van der Waals surface area contributed by atoms with Crippen LogP contribution in [0.15, 0.2) is 6.07 Å². The van der Waals surface area contributed by atoms with Crippen LogP contribution < -0.4 is 4.74 Å². The van der Waals surface area contributed by atoms with E-state index in [2.05, 4.69) is 9.72 Å². The average molecular weight is 273 g/mol. The second kappa shape index (κ2) is 4.62. The number of hydrogen-bond acceptors (Lipinski definition) is 5. The molecule has 10 heteroatoms. The van der Waals surface area contributed by atoms with E-state index in [1.807, 2.05) is 0 Å². The lowest BCUT2D eigenvalue weighted by Crippen LogP contribution is -2.18. The third-order valence-electron chi connectivity index (χ3n) is 1.57. The quantitative estimate of drug-likeness (QED) is 0.518. The summed E-state index contributed by atoms with van der Waals surface area (Å²) in [6.07, 6.45) is -5.04. The van der Waals surface area contributed by atoms with Gasteiger partial charge in [-0.15, -0.1) is 24.8 Å². The van der Waals surface area contributed by atoms with Crippen LogP contribution in [0.2, 0.25) is 0 Å². The zero-order valence-electron chi connectivity index (χ0n) is 7.86. The lowest BCUT2D eigenvalue weighted by molar-refractivity contribution is -0.391. The first kappa shape index (κ1) is 13.3. The lowest BCUT2D eigenvalue weighted by Gasteiger charge is -2.07. The molecule has 1 rings (SSSR count). The lowest BCUT2D eigenvalue weighted by atomic mass is 10.2. The molecule has 0 aliphatic heterocycles. The summed E-state index contributed by atoms with van der Waals surface area (Å²) in [7, 11) is 0. The van der Waals surface area contributed by atoms with E-state index in [4.69, 9.17) is 11.6 Å². The van der Waals surface area contributed by atoms with Gasteiger partial charge in [-0.05, 0) is 4.92 Å². The zero-order chi connectivity index (χ0) is 13.2. The summed E-state index contributed by atoms with van der Waals surface area (Å²) in [6, 6.07) is 0.669. The van der Waals surface area contributed by atoms with Gasteiger partial charge in [0.15, 0.2) is 0 Å². The molecule has 0 saturated carbocycles. The van der Waals surface area contributed by atoms with Crippen molar-refractivity contribution >= 4 is 17.4 Å². The molecule has 0 fully saturated rings. The Balaban J connectivity index is 3.25. The summed E-state index contributed by atoms with van der Waals surface area (Å²) in [5.74, 6) is -3.52. The molecule has 0 aliphatic rings. The highest BCUT2D eigenvalue weighted by Crippen LogP contribution is 2.33. The van der Waals surface area contributed by atoms with Crippen molar-refractivity contribution in [2.45, 2.75) is 12.2 Å². The minimum absolute atomic E-state index is 0.285. The molecule has 0 saturated heterocycles. The molecule has 17 heavy (non-hydrogen) atoms. The largest absolute Gasteiger partial charge is 0.575 e. The van der Waals surface area contributed by atoms with Crippen molar-refractivity contribution in [1.82, 2.24) is 4.98 Å². The Morgan fingerprint density at radius 3 is 2.59 bits per heavy atom. The van der Waals surface area contributed by atoms with Crippen LogP contribution in [0.1, 0.15) is 5.56 Å². The molecule has 0 amide bonds. The predicted octanol–water partition coefficient (Wildman–Crippen LogP) is 2.33. The number of nitro groups is 1. The molecule has 0 aliphatic carbocycles.